The van der Waals surface area contributed by atoms with Gasteiger partial charge < -0.3 is 5.32 Å². The molecule has 1 aliphatic rings. The lowest BCUT2D eigenvalue weighted by Gasteiger charge is -2.17. The molecule has 1 unspecified atom stereocenters. The summed E-state index contributed by atoms with van der Waals surface area (Å²) in [6, 6.07) is 16.4. The van der Waals surface area contributed by atoms with Crippen molar-refractivity contribution in [3.05, 3.63) is 57.8 Å². The van der Waals surface area contributed by atoms with Crippen LogP contribution in [0.2, 0.25) is 0 Å². The second kappa shape index (κ2) is 6.55. The van der Waals surface area contributed by atoms with Crippen molar-refractivity contribution in [2.75, 3.05) is 6.54 Å². The van der Waals surface area contributed by atoms with Crippen molar-refractivity contribution in [2.45, 2.75) is 44.6 Å². The maximum Gasteiger partial charge on any atom is 0.00684 e. The summed E-state index contributed by atoms with van der Waals surface area (Å²) in [5, 5.41) is 3.70. The Balaban J connectivity index is 1.70. The first-order valence-electron chi connectivity index (χ1n) is 7.71. The van der Waals surface area contributed by atoms with E-state index in [2.05, 4.69) is 54.7 Å². The first kappa shape index (κ1) is 13.8. The lowest BCUT2D eigenvalue weighted by Crippen LogP contribution is -2.24. The van der Waals surface area contributed by atoms with Crippen LogP contribution in [0.25, 0.3) is 0 Å². The molecule has 0 spiro atoms. The minimum atomic E-state index is 0.597. The van der Waals surface area contributed by atoms with Crippen molar-refractivity contribution in [1.29, 1.82) is 0 Å². The number of nitrogens with one attached hydrogen (secondary N) is 1. The molecule has 1 fully saturated rings. The molecule has 3 rings (SSSR count). The summed E-state index contributed by atoms with van der Waals surface area (Å²) in [6.45, 7) is 3.34. The zero-order valence-corrected chi connectivity index (χ0v) is 13.0. The average molecular weight is 285 g/mol. The van der Waals surface area contributed by atoms with Gasteiger partial charge in [-0.1, -0.05) is 37.3 Å². The number of aryl methyl sites for hydroxylation is 1. The Kier molecular flexibility index (Phi) is 4.54. The molecule has 106 valence electrons. The van der Waals surface area contributed by atoms with Gasteiger partial charge in [-0.25, -0.2) is 0 Å². The largest absolute Gasteiger partial charge is 0.313 e. The Morgan fingerprint density at radius 2 is 1.85 bits per heavy atom. The van der Waals surface area contributed by atoms with Crippen molar-refractivity contribution >= 4 is 11.3 Å². The van der Waals surface area contributed by atoms with Gasteiger partial charge in [0.05, 0.1) is 0 Å². The van der Waals surface area contributed by atoms with Gasteiger partial charge in [-0.2, -0.15) is 0 Å². The van der Waals surface area contributed by atoms with E-state index < -0.39 is 0 Å². The molecule has 0 saturated heterocycles. The third-order valence-corrected chi connectivity index (χ3v) is 5.27. The Morgan fingerprint density at radius 1 is 1.10 bits per heavy atom. The highest BCUT2D eigenvalue weighted by Gasteiger charge is 2.22. The predicted octanol–water partition coefficient (Wildman–Crippen LogP) is 4.39. The summed E-state index contributed by atoms with van der Waals surface area (Å²) in [5.74, 6) is 0.597. The van der Waals surface area contributed by atoms with Crippen LogP contribution < -0.4 is 5.32 Å². The monoisotopic (exact) mass is 285 g/mol. The molecule has 1 saturated carbocycles. The van der Waals surface area contributed by atoms with E-state index >= 15 is 0 Å². The molecule has 1 aromatic heterocycles. The van der Waals surface area contributed by atoms with E-state index in [1.54, 1.807) is 0 Å². The van der Waals surface area contributed by atoms with Gasteiger partial charge in [0.15, 0.2) is 0 Å². The van der Waals surface area contributed by atoms with Crippen LogP contribution in [-0.2, 0) is 12.8 Å². The second-order valence-corrected chi connectivity index (χ2v) is 6.97. The third kappa shape index (κ3) is 3.71. The summed E-state index contributed by atoms with van der Waals surface area (Å²) < 4.78 is 0. The molecule has 0 aliphatic heterocycles. The second-order valence-electron chi connectivity index (χ2n) is 5.72. The molecule has 1 aromatic carbocycles. The Morgan fingerprint density at radius 3 is 2.50 bits per heavy atom. The average Bonchev–Trinajstić information content (AvgIpc) is 3.22. The number of benzene rings is 1. The topological polar surface area (TPSA) is 12.0 Å². The van der Waals surface area contributed by atoms with E-state index in [-0.39, 0.29) is 0 Å². The summed E-state index contributed by atoms with van der Waals surface area (Å²) in [4.78, 5) is 3.02. The Hall–Kier alpha value is -1.12. The molecule has 1 aliphatic carbocycles. The summed E-state index contributed by atoms with van der Waals surface area (Å²) >= 11 is 1.98. The highest BCUT2D eigenvalue weighted by Crippen LogP contribution is 2.27. The van der Waals surface area contributed by atoms with Crippen LogP contribution in [0.3, 0.4) is 0 Å². The highest BCUT2D eigenvalue weighted by molar-refractivity contribution is 7.11. The number of hydrogen-bond acceptors (Lipinski definition) is 2. The quantitative estimate of drug-likeness (QED) is 0.795. The lowest BCUT2D eigenvalue weighted by molar-refractivity contribution is 0.580. The van der Waals surface area contributed by atoms with Crippen molar-refractivity contribution in [3.63, 3.8) is 0 Å². The predicted molar refractivity (Wildman–Crippen MR) is 87.6 cm³/mol. The van der Waals surface area contributed by atoms with Crippen molar-refractivity contribution < 1.29 is 0 Å². The summed E-state index contributed by atoms with van der Waals surface area (Å²) in [7, 11) is 0. The molecule has 1 heterocycles. The van der Waals surface area contributed by atoms with Crippen molar-refractivity contribution in [2.24, 2.45) is 0 Å². The fourth-order valence-electron chi connectivity index (χ4n) is 2.59. The Bertz CT molecular complexity index is 527. The molecular formula is C18H23NS. The SMILES string of the molecule is CCc1ccc(CC(CNC2CC2)c2ccccc2)s1. The van der Waals surface area contributed by atoms with E-state index in [1.165, 1.54) is 28.2 Å². The van der Waals surface area contributed by atoms with Gasteiger partial charge in [0.2, 0.25) is 0 Å². The molecule has 2 heteroatoms. The van der Waals surface area contributed by atoms with E-state index in [1.807, 2.05) is 11.3 Å². The standard InChI is InChI=1S/C18H23NS/c1-2-17-10-11-18(20-17)12-15(13-19-16-8-9-16)14-6-4-3-5-7-14/h3-7,10-11,15-16,19H,2,8-9,12-13H2,1H3. The minimum absolute atomic E-state index is 0.597. The van der Waals surface area contributed by atoms with Crippen LogP contribution in [-0.4, -0.2) is 12.6 Å². The summed E-state index contributed by atoms with van der Waals surface area (Å²) in [5.41, 5.74) is 1.46. The fourth-order valence-corrected chi connectivity index (χ4v) is 3.63. The van der Waals surface area contributed by atoms with Crippen molar-refractivity contribution in [3.8, 4) is 0 Å². The van der Waals surface area contributed by atoms with Crippen molar-refractivity contribution in [1.82, 2.24) is 5.32 Å². The summed E-state index contributed by atoms with van der Waals surface area (Å²) in [6.07, 6.45) is 5.04. The van der Waals surface area contributed by atoms with Crippen LogP contribution in [0.5, 0.6) is 0 Å². The normalized spacial score (nSPS) is 16.2. The molecule has 1 atom stereocenters. The maximum absolute atomic E-state index is 3.70. The first-order chi connectivity index (χ1) is 9.85. The zero-order valence-electron chi connectivity index (χ0n) is 12.1. The zero-order chi connectivity index (χ0) is 13.8. The van der Waals surface area contributed by atoms with Crippen LogP contribution >= 0.6 is 11.3 Å². The van der Waals surface area contributed by atoms with E-state index in [0.717, 1.165) is 25.4 Å². The van der Waals surface area contributed by atoms with Crippen LogP contribution in [0.4, 0.5) is 0 Å². The van der Waals surface area contributed by atoms with Crippen LogP contribution in [0.1, 0.15) is 41.0 Å². The number of hydrogen-bond donors (Lipinski definition) is 1. The molecule has 20 heavy (non-hydrogen) atoms. The molecular weight excluding hydrogens is 262 g/mol. The molecule has 0 radical (unpaired) electrons. The fraction of sp³-hybridized carbons (Fsp3) is 0.444. The van der Waals surface area contributed by atoms with E-state index in [9.17, 15) is 0 Å². The van der Waals surface area contributed by atoms with Gasteiger partial charge in [0, 0.05) is 28.3 Å². The van der Waals surface area contributed by atoms with Crippen LogP contribution in [0.15, 0.2) is 42.5 Å². The highest BCUT2D eigenvalue weighted by atomic mass is 32.1. The Labute approximate surface area is 126 Å². The van der Waals surface area contributed by atoms with E-state index in [0.29, 0.717) is 5.92 Å². The molecule has 1 nitrogen and oxygen atoms in total. The molecule has 2 aromatic rings. The van der Waals surface area contributed by atoms with Gasteiger partial charge in [-0.3, -0.25) is 0 Å². The number of rotatable bonds is 7. The molecule has 0 bridgehead atoms. The van der Waals surface area contributed by atoms with Crippen LogP contribution in [0, 0.1) is 0 Å². The van der Waals surface area contributed by atoms with Gasteiger partial charge in [-0.05, 0) is 43.4 Å². The first-order valence-corrected chi connectivity index (χ1v) is 8.52. The lowest BCUT2D eigenvalue weighted by atomic mass is 9.95. The van der Waals surface area contributed by atoms with Gasteiger partial charge in [0.25, 0.3) is 0 Å². The maximum atomic E-state index is 3.70. The van der Waals surface area contributed by atoms with Gasteiger partial charge in [-0.15, -0.1) is 11.3 Å². The molecule has 1 N–H and O–H groups in total. The molecule has 0 amide bonds. The van der Waals surface area contributed by atoms with E-state index in [4.69, 9.17) is 0 Å². The smallest absolute Gasteiger partial charge is 0.00684 e. The van der Waals surface area contributed by atoms with Gasteiger partial charge in [0.1, 0.15) is 0 Å². The third-order valence-electron chi connectivity index (χ3n) is 4.01. The minimum Gasteiger partial charge on any atom is -0.313 e. The number of thiophene rings is 1. The van der Waals surface area contributed by atoms with Gasteiger partial charge >= 0.3 is 0 Å².